The van der Waals surface area contributed by atoms with Crippen LogP contribution in [0.1, 0.15) is 16.7 Å². The van der Waals surface area contributed by atoms with Crippen molar-refractivity contribution >= 4 is 15.9 Å². The van der Waals surface area contributed by atoms with E-state index in [0.29, 0.717) is 0 Å². The van der Waals surface area contributed by atoms with Crippen molar-refractivity contribution in [1.29, 1.82) is 5.26 Å². The summed E-state index contributed by atoms with van der Waals surface area (Å²) in [7, 11) is -3.78. The second-order valence-corrected chi connectivity index (χ2v) is 6.71. The van der Waals surface area contributed by atoms with Crippen molar-refractivity contribution in [2.75, 3.05) is 0 Å². The standard InChI is InChI=1S/C17H15NO2S/c1-13-7-9-16(10-8-13)21(19,20)17(12-18)11-15-6-4-3-5-14(15)2/h3-11H,1-2H3. The summed E-state index contributed by atoms with van der Waals surface area (Å²) in [5.74, 6) is 0. The summed E-state index contributed by atoms with van der Waals surface area (Å²) < 4.78 is 25.0. The molecule has 0 saturated heterocycles. The van der Waals surface area contributed by atoms with Crippen molar-refractivity contribution in [2.24, 2.45) is 0 Å². The van der Waals surface area contributed by atoms with Crippen LogP contribution in [0, 0.1) is 25.2 Å². The quantitative estimate of drug-likeness (QED) is 0.813. The molecule has 21 heavy (non-hydrogen) atoms. The Morgan fingerprint density at radius 1 is 1.05 bits per heavy atom. The van der Waals surface area contributed by atoms with E-state index in [1.807, 2.05) is 32.0 Å². The van der Waals surface area contributed by atoms with E-state index in [2.05, 4.69) is 0 Å². The molecule has 0 bridgehead atoms. The number of hydrogen-bond acceptors (Lipinski definition) is 3. The Hall–Kier alpha value is -2.38. The summed E-state index contributed by atoms with van der Waals surface area (Å²) in [6.07, 6.45) is 1.42. The third kappa shape index (κ3) is 3.21. The molecule has 0 aliphatic carbocycles. The van der Waals surface area contributed by atoms with Crippen LogP contribution in [0.3, 0.4) is 0 Å². The summed E-state index contributed by atoms with van der Waals surface area (Å²) >= 11 is 0. The molecule has 3 nitrogen and oxygen atoms in total. The van der Waals surface area contributed by atoms with Gasteiger partial charge in [0, 0.05) is 0 Å². The van der Waals surface area contributed by atoms with Crippen LogP contribution in [-0.2, 0) is 9.84 Å². The van der Waals surface area contributed by atoms with Gasteiger partial charge in [-0.15, -0.1) is 0 Å². The first-order valence-electron chi connectivity index (χ1n) is 6.44. The van der Waals surface area contributed by atoms with Crippen molar-refractivity contribution in [3.05, 3.63) is 70.1 Å². The van der Waals surface area contributed by atoms with E-state index >= 15 is 0 Å². The number of allylic oxidation sites excluding steroid dienone is 1. The van der Waals surface area contributed by atoms with Gasteiger partial charge < -0.3 is 0 Å². The Morgan fingerprint density at radius 2 is 1.67 bits per heavy atom. The predicted molar refractivity (Wildman–Crippen MR) is 83.1 cm³/mol. The fourth-order valence-corrected chi connectivity index (χ4v) is 3.05. The van der Waals surface area contributed by atoms with Gasteiger partial charge in [0.25, 0.3) is 0 Å². The van der Waals surface area contributed by atoms with Crippen LogP contribution < -0.4 is 0 Å². The van der Waals surface area contributed by atoms with Crippen LogP contribution in [0.15, 0.2) is 58.3 Å². The van der Waals surface area contributed by atoms with Gasteiger partial charge in [0.1, 0.15) is 11.0 Å². The number of nitriles is 1. The lowest BCUT2D eigenvalue weighted by atomic mass is 10.1. The number of benzene rings is 2. The van der Waals surface area contributed by atoms with Gasteiger partial charge in [-0.25, -0.2) is 8.42 Å². The van der Waals surface area contributed by atoms with Gasteiger partial charge in [-0.05, 0) is 43.2 Å². The zero-order chi connectivity index (χ0) is 15.5. The van der Waals surface area contributed by atoms with Crippen LogP contribution in [0.4, 0.5) is 0 Å². The first-order chi connectivity index (χ1) is 9.95. The number of rotatable bonds is 3. The molecular formula is C17H15NO2S. The van der Waals surface area contributed by atoms with Crippen LogP contribution in [0.25, 0.3) is 6.08 Å². The van der Waals surface area contributed by atoms with Crippen molar-refractivity contribution < 1.29 is 8.42 Å². The van der Waals surface area contributed by atoms with Gasteiger partial charge in [-0.1, -0.05) is 42.0 Å². The highest BCUT2D eigenvalue weighted by molar-refractivity contribution is 7.95. The van der Waals surface area contributed by atoms with E-state index in [1.165, 1.54) is 18.2 Å². The summed E-state index contributed by atoms with van der Waals surface area (Å²) in [6, 6.07) is 15.6. The van der Waals surface area contributed by atoms with Gasteiger partial charge in [0.15, 0.2) is 0 Å². The second kappa shape index (κ2) is 5.94. The molecule has 0 fully saturated rings. The molecular weight excluding hydrogens is 282 g/mol. The third-order valence-electron chi connectivity index (χ3n) is 3.21. The summed E-state index contributed by atoms with van der Waals surface area (Å²) in [4.78, 5) is -0.116. The molecule has 0 amide bonds. The molecule has 0 aromatic heterocycles. The van der Waals surface area contributed by atoms with Crippen molar-refractivity contribution in [3.8, 4) is 6.07 Å². The molecule has 0 N–H and O–H groups in total. The minimum Gasteiger partial charge on any atom is -0.218 e. The van der Waals surface area contributed by atoms with Gasteiger partial charge in [0.05, 0.1) is 4.90 Å². The summed E-state index contributed by atoms with van der Waals surface area (Å²) in [5, 5.41) is 9.23. The number of nitrogens with zero attached hydrogens (tertiary/aromatic N) is 1. The minimum atomic E-state index is -3.78. The van der Waals surface area contributed by atoms with Gasteiger partial charge in [0.2, 0.25) is 9.84 Å². The maximum absolute atomic E-state index is 12.5. The lowest BCUT2D eigenvalue weighted by Crippen LogP contribution is -2.03. The molecule has 0 radical (unpaired) electrons. The highest BCUT2D eigenvalue weighted by Gasteiger charge is 2.20. The fourth-order valence-electron chi connectivity index (χ4n) is 1.90. The molecule has 0 aliphatic heterocycles. The Balaban J connectivity index is 2.53. The fraction of sp³-hybridized carbons (Fsp3) is 0.118. The zero-order valence-corrected chi connectivity index (χ0v) is 12.7. The topological polar surface area (TPSA) is 57.9 Å². The average Bonchev–Trinajstić information content (AvgIpc) is 2.46. The zero-order valence-electron chi connectivity index (χ0n) is 11.9. The van der Waals surface area contributed by atoms with Crippen LogP contribution in [0.5, 0.6) is 0 Å². The Kier molecular flexibility index (Phi) is 4.25. The number of aryl methyl sites for hydroxylation is 2. The van der Waals surface area contributed by atoms with Crippen molar-refractivity contribution in [2.45, 2.75) is 18.7 Å². The normalized spacial score (nSPS) is 12.0. The van der Waals surface area contributed by atoms with Gasteiger partial charge in [-0.3, -0.25) is 0 Å². The molecule has 2 aromatic carbocycles. The molecule has 106 valence electrons. The highest BCUT2D eigenvalue weighted by atomic mass is 32.2. The molecule has 0 saturated carbocycles. The van der Waals surface area contributed by atoms with Crippen molar-refractivity contribution in [1.82, 2.24) is 0 Å². The lowest BCUT2D eigenvalue weighted by Gasteiger charge is -2.05. The van der Waals surface area contributed by atoms with E-state index in [1.54, 1.807) is 24.3 Å². The SMILES string of the molecule is Cc1ccc(S(=O)(=O)C(C#N)=Cc2ccccc2C)cc1. The Morgan fingerprint density at radius 3 is 2.24 bits per heavy atom. The maximum atomic E-state index is 12.5. The lowest BCUT2D eigenvalue weighted by molar-refractivity contribution is 0.603. The molecule has 0 atom stereocenters. The molecule has 4 heteroatoms. The molecule has 2 aromatic rings. The van der Waals surface area contributed by atoms with Crippen molar-refractivity contribution in [3.63, 3.8) is 0 Å². The van der Waals surface area contributed by atoms with E-state index in [0.717, 1.165) is 16.7 Å². The molecule has 0 spiro atoms. The maximum Gasteiger partial charge on any atom is 0.216 e. The number of sulfone groups is 1. The second-order valence-electron chi connectivity index (χ2n) is 4.79. The van der Waals surface area contributed by atoms with Crippen LogP contribution >= 0.6 is 0 Å². The first kappa shape index (κ1) is 15.0. The first-order valence-corrected chi connectivity index (χ1v) is 7.92. The molecule has 0 unspecified atom stereocenters. The van der Waals surface area contributed by atoms with Crippen LogP contribution in [0.2, 0.25) is 0 Å². The smallest absolute Gasteiger partial charge is 0.216 e. The highest BCUT2D eigenvalue weighted by Crippen LogP contribution is 2.22. The molecule has 0 aliphatic rings. The van der Waals surface area contributed by atoms with E-state index in [4.69, 9.17) is 0 Å². The number of hydrogen-bond donors (Lipinski definition) is 0. The molecule has 2 rings (SSSR count). The van der Waals surface area contributed by atoms with E-state index in [9.17, 15) is 13.7 Å². The molecule has 0 heterocycles. The summed E-state index contributed by atoms with van der Waals surface area (Å²) in [5.41, 5.74) is 2.62. The summed E-state index contributed by atoms with van der Waals surface area (Å²) in [6.45, 7) is 3.75. The Bertz CT molecular complexity index is 826. The minimum absolute atomic E-state index is 0.134. The van der Waals surface area contributed by atoms with Gasteiger partial charge >= 0.3 is 0 Å². The Labute approximate surface area is 125 Å². The average molecular weight is 297 g/mol. The monoisotopic (exact) mass is 297 g/mol. The third-order valence-corrected chi connectivity index (χ3v) is 4.89. The van der Waals surface area contributed by atoms with Gasteiger partial charge in [-0.2, -0.15) is 5.26 Å². The largest absolute Gasteiger partial charge is 0.218 e. The van der Waals surface area contributed by atoms with E-state index in [-0.39, 0.29) is 9.80 Å². The van der Waals surface area contributed by atoms with E-state index < -0.39 is 9.84 Å². The predicted octanol–water partition coefficient (Wildman–Crippen LogP) is 3.64. The van der Waals surface area contributed by atoms with Crippen LogP contribution in [-0.4, -0.2) is 8.42 Å².